The number of unbranched alkanes of at least 4 members (excludes halogenated alkanes) is 15. The molecule has 33 heavy (non-hydrogen) atoms. The number of rotatable bonds is 23. The van der Waals surface area contributed by atoms with E-state index in [1.807, 2.05) is 6.20 Å². The van der Waals surface area contributed by atoms with Crippen LogP contribution in [-0.4, -0.2) is 41.0 Å². The Labute approximate surface area is 203 Å². The lowest BCUT2D eigenvalue weighted by Crippen LogP contribution is -2.52. The smallest absolute Gasteiger partial charge is 0.360 e. The summed E-state index contributed by atoms with van der Waals surface area (Å²) in [5.41, 5.74) is 5.73. The number of amidine groups is 1. The van der Waals surface area contributed by atoms with E-state index in [1.54, 1.807) is 6.20 Å². The fourth-order valence-corrected chi connectivity index (χ4v) is 4.69. The first kappa shape index (κ1) is 29.6. The van der Waals surface area contributed by atoms with Gasteiger partial charge in [-0.2, -0.15) is 0 Å². The van der Waals surface area contributed by atoms with Crippen molar-refractivity contribution in [3.05, 3.63) is 24.6 Å². The Bertz CT molecular complexity index is 586. The summed E-state index contributed by atoms with van der Waals surface area (Å²) in [5, 5.41) is 9.27. The van der Waals surface area contributed by atoms with Gasteiger partial charge in [-0.15, -0.1) is 0 Å². The van der Waals surface area contributed by atoms with Crippen LogP contribution in [-0.2, 0) is 4.79 Å². The number of carboxylic acid groups (broad SMARTS) is 1. The molecule has 5 nitrogen and oxygen atoms in total. The molecular formula is C28H52N3O2+. The zero-order valence-electron chi connectivity index (χ0n) is 21.5. The largest absolute Gasteiger partial charge is 0.477 e. The fourth-order valence-electron chi connectivity index (χ4n) is 4.69. The maximum Gasteiger partial charge on any atom is 0.360 e. The molecule has 3 N–H and O–H groups in total. The molecule has 0 spiro atoms. The molecule has 1 atom stereocenters. The summed E-state index contributed by atoms with van der Waals surface area (Å²) in [6.07, 6.45) is 31.7. The molecule has 0 bridgehead atoms. The quantitative estimate of drug-likeness (QED) is 0.0948. The van der Waals surface area contributed by atoms with Crippen molar-refractivity contribution in [2.75, 3.05) is 19.6 Å². The third-order valence-electron chi connectivity index (χ3n) is 6.70. The Morgan fingerprint density at radius 3 is 1.91 bits per heavy atom. The van der Waals surface area contributed by atoms with Gasteiger partial charge in [-0.3, -0.25) is 0 Å². The predicted octanol–water partition coefficient (Wildman–Crippen LogP) is 7.33. The fraction of sp³-hybridized carbons (Fsp3) is 0.786. The first-order valence-corrected chi connectivity index (χ1v) is 13.8. The van der Waals surface area contributed by atoms with Crippen LogP contribution in [0.2, 0.25) is 0 Å². The molecule has 1 unspecified atom stereocenters. The number of aliphatic carboxylic acids is 1. The van der Waals surface area contributed by atoms with Crippen molar-refractivity contribution in [2.24, 2.45) is 10.7 Å². The first-order valence-electron chi connectivity index (χ1n) is 13.8. The molecule has 1 heterocycles. The summed E-state index contributed by atoms with van der Waals surface area (Å²) in [5.74, 6) is 0.166. The zero-order chi connectivity index (χ0) is 24.0. The van der Waals surface area contributed by atoms with Crippen LogP contribution in [0.3, 0.4) is 0 Å². The molecule has 0 saturated heterocycles. The number of hydrogen-bond acceptors (Lipinski definition) is 3. The third kappa shape index (κ3) is 14.4. The molecule has 0 fully saturated rings. The van der Waals surface area contributed by atoms with E-state index >= 15 is 0 Å². The number of allylic oxidation sites excluding steroid dienone is 2. The lowest BCUT2D eigenvalue weighted by Gasteiger charge is -2.30. The van der Waals surface area contributed by atoms with E-state index in [0.717, 1.165) is 18.7 Å². The minimum atomic E-state index is -0.798. The van der Waals surface area contributed by atoms with E-state index in [2.05, 4.69) is 24.1 Å². The van der Waals surface area contributed by atoms with Crippen LogP contribution in [0.1, 0.15) is 122 Å². The number of quaternary nitrogens is 1. The SMILES string of the molecule is CCCCC/C=C/CCCCCCCCCCCCCCC1=NC=C[N+]1(CCN)CC(=O)O. The second-order valence-corrected chi connectivity index (χ2v) is 9.69. The molecular weight excluding hydrogens is 410 g/mol. The van der Waals surface area contributed by atoms with Gasteiger partial charge in [0.05, 0.1) is 6.20 Å². The summed E-state index contributed by atoms with van der Waals surface area (Å²) in [7, 11) is 0. The minimum Gasteiger partial charge on any atom is -0.477 e. The van der Waals surface area contributed by atoms with Gasteiger partial charge in [-0.05, 0) is 32.1 Å². The molecule has 1 rings (SSSR count). The molecule has 0 radical (unpaired) electrons. The van der Waals surface area contributed by atoms with E-state index in [9.17, 15) is 9.90 Å². The van der Waals surface area contributed by atoms with Gasteiger partial charge >= 0.3 is 5.97 Å². The minimum absolute atomic E-state index is 0.0444. The Morgan fingerprint density at radius 1 is 0.879 bits per heavy atom. The van der Waals surface area contributed by atoms with Gasteiger partial charge in [-0.25, -0.2) is 14.3 Å². The van der Waals surface area contributed by atoms with Crippen LogP contribution in [0.4, 0.5) is 0 Å². The number of aliphatic imine (C=N–C) groups is 1. The van der Waals surface area contributed by atoms with Crippen molar-refractivity contribution in [2.45, 2.75) is 122 Å². The number of hydrogen-bond donors (Lipinski definition) is 2. The van der Waals surface area contributed by atoms with Crippen LogP contribution in [0.5, 0.6) is 0 Å². The Morgan fingerprint density at radius 2 is 1.39 bits per heavy atom. The van der Waals surface area contributed by atoms with Gasteiger partial charge in [0.2, 0.25) is 5.84 Å². The molecule has 0 aromatic rings. The molecule has 1 aliphatic heterocycles. The molecule has 5 heteroatoms. The van der Waals surface area contributed by atoms with E-state index in [4.69, 9.17) is 5.73 Å². The summed E-state index contributed by atoms with van der Waals surface area (Å²) < 4.78 is 0.307. The summed E-state index contributed by atoms with van der Waals surface area (Å²) >= 11 is 0. The maximum atomic E-state index is 11.3. The number of nitrogens with two attached hydrogens (primary N) is 1. The molecule has 1 aliphatic rings. The van der Waals surface area contributed by atoms with E-state index in [1.165, 1.54) is 103 Å². The van der Waals surface area contributed by atoms with Crippen LogP contribution in [0.15, 0.2) is 29.5 Å². The van der Waals surface area contributed by atoms with E-state index in [-0.39, 0.29) is 6.54 Å². The highest BCUT2D eigenvalue weighted by atomic mass is 16.4. The average Bonchev–Trinajstić information content (AvgIpc) is 3.16. The van der Waals surface area contributed by atoms with Crippen molar-refractivity contribution in [1.82, 2.24) is 0 Å². The van der Waals surface area contributed by atoms with E-state index < -0.39 is 5.97 Å². The van der Waals surface area contributed by atoms with Gasteiger partial charge in [-0.1, -0.05) is 96.1 Å². The molecule has 190 valence electrons. The molecule has 0 aromatic heterocycles. The van der Waals surface area contributed by atoms with Gasteiger partial charge in [0.15, 0.2) is 6.54 Å². The van der Waals surface area contributed by atoms with Gasteiger partial charge < -0.3 is 10.8 Å². The van der Waals surface area contributed by atoms with Gasteiger partial charge in [0, 0.05) is 13.0 Å². The summed E-state index contributed by atoms with van der Waals surface area (Å²) in [6.45, 7) is 3.38. The maximum absolute atomic E-state index is 11.3. The van der Waals surface area contributed by atoms with Gasteiger partial charge in [0.1, 0.15) is 12.7 Å². The summed E-state index contributed by atoms with van der Waals surface area (Å²) in [4.78, 5) is 15.7. The zero-order valence-corrected chi connectivity index (χ0v) is 21.5. The standard InChI is InChI=1S/C28H51N3O2/c1-2-3-4-5-6-7-8-9-10-11-12-13-14-15-16-17-18-19-20-21-27-30-23-25-31(27,24-22-29)26-28(32)33/h6-7,23,25H,2-5,8-22,24,26,29H2,1H3/p+1/b7-6+. The van der Waals surface area contributed by atoms with Gasteiger partial charge in [0.25, 0.3) is 0 Å². The third-order valence-corrected chi connectivity index (χ3v) is 6.70. The first-order chi connectivity index (χ1) is 16.1. The van der Waals surface area contributed by atoms with Crippen LogP contribution in [0, 0.1) is 0 Å². The molecule has 0 saturated carbocycles. The highest BCUT2D eigenvalue weighted by molar-refractivity contribution is 5.81. The second kappa shape index (κ2) is 20.0. The van der Waals surface area contributed by atoms with Crippen molar-refractivity contribution < 1.29 is 14.4 Å². The number of carboxylic acids is 1. The number of carbonyl (C=O) groups is 1. The summed E-state index contributed by atoms with van der Waals surface area (Å²) in [6, 6.07) is 0. The topological polar surface area (TPSA) is 75.7 Å². The van der Waals surface area contributed by atoms with Crippen molar-refractivity contribution in [3.63, 3.8) is 0 Å². The normalized spacial score (nSPS) is 17.8. The van der Waals surface area contributed by atoms with Crippen molar-refractivity contribution in [1.29, 1.82) is 0 Å². The monoisotopic (exact) mass is 462 g/mol. The lowest BCUT2D eigenvalue weighted by atomic mass is 10.0. The van der Waals surface area contributed by atoms with Crippen LogP contribution in [0.25, 0.3) is 0 Å². The predicted molar refractivity (Wildman–Crippen MR) is 141 cm³/mol. The average molecular weight is 463 g/mol. The Kier molecular flexibility index (Phi) is 17.9. The van der Waals surface area contributed by atoms with Crippen molar-refractivity contribution in [3.8, 4) is 0 Å². The van der Waals surface area contributed by atoms with E-state index in [0.29, 0.717) is 17.6 Å². The van der Waals surface area contributed by atoms with Crippen LogP contribution >= 0.6 is 0 Å². The van der Waals surface area contributed by atoms with Crippen molar-refractivity contribution >= 4 is 11.8 Å². The molecule has 0 amide bonds. The molecule has 0 aromatic carbocycles. The highest BCUT2D eigenvalue weighted by Gasteiger charge is 2.36. The van der Waals surface area contributed by atoms with Crippen LogP contribution < -0.4 is 5.73 Å². The second-order valence-electron chi connectivity index (χ2n) is 9.69. The number of nitrogens with zero attached hydrogens (tertiary/aromatic N) is 2. The highest BCUT2D eigenvalue weighted by Crippen LogP contribution is 2.21. The Balaban J connectivity index is 1.91. The molecule has 0 aliphatic carbocycles. The lowest BCUT2D eigenvalue weighted by molar-refractivity contribution is -0.778. The Hall–Kier alpha value is -1.46.